The first-order chi connectivity index (χ1) is 6.74. The Morgan fingerprint density at radius 1 is 1.43 bits per heavy atom. The van der Waals surface area contributed by atoms with Gasteiger partial charge >= 0.3 is 5.97 Å². The van der Waals surface area contributed by atoms with Crippen molar-refractivity contribution in [3.63, 3.8) is 0 Å². The number of hydrogen-bond donors (Lipinski definition) is 0. The minimum absolute atomic E-state index is 0.108. The van der Waals surface area contributed by atoms with Gasteiger partial charge in [0, 0.05) is 0 Å². The van der Waals surface area contributed by atoms with Crippen molar-refractivity contribution >= 4 is 5.97 Å². The number of epoxide rings is 1. The Morgan fingerprint density at radius 2 is 2.14 bits per heavy atom. The minimum Gasteiger partial charge on any atom is -0.467 e. The van der Waals surface area contributed by atoms with Crippen LogP contribution in [0.25, 0.3) is 0 Å². The third kappa shape index (κ3) is 1.51. The van der Waals surface area contributed by atoms with Crippen molar-refractivity contribution in [1.29, 1.82) is 0 Å². The molecule has 0 spiro atoms. The molecule has 2 atom stereocenters. The standard InChI is InChI=1S/C11H12O3/c1-7-5-3-4-6-8(7)9-10(14-9)11(12)13-2/h3-6,9-10H,1-2H3/t9-,10-/m0/s1. The van der Waals surface area contributed by atoms with Crippen LogP contribution in [0.1, 0.15) is 17.2 Å². The number of aryl methyl sites for hydroxylation is 1. The van der Waals surface area contributed by atoms with E-state index >= 15 is 0 Å². The molecule has 1 saturated heterocycles. The van der Waals surface area contributed by atoms with Gasteiger partial charge in [-0.2, -0.15) is 0 Å². The summed E-state index contributed by atoms with van der Waals surface area (Å²) in [7, 11) is 1.37. The molecular formula is C11H12O3. The summed E-state index contributed by atoms with van der Waals surface area (Å²) in [4.78, 5) is 11.1. The van der Waals surface area contributed by atoms with Gasteiger partial charge in [-0.05, 0) is 18.1 Å². The maximum atomic E-state index is 11.1. The molecule has 0 aliphatic carbocycles. The first-order valence-corrected chi connectivity index (χ1v) is 4.53. The summed E-state index contributed by atoms with van der Waals surface area (Å²) < 4.78 is 9.86. The predicted molar refractivity (Wildman–Crippen MR) is 50.8 cm³/mol. The fourth-order valence-corrected chi connectivity index (χ4v) is 1.55. The second-order valence-corrected chi connectivity index (χ2v) is 3.36. The molecule has 0 aromatic heterocycles. The van der Waals surface area contributed by atoms with Crippen LogP contribution >= 0.6 is 0 Å². The van der Waals surface area contributed by atoms with E-state index in [4.69, 9.17) is 4.74 Å². The van der Waals surface area contributed by atoms with E-state index in [1.807, 2.05) is 31.2 Å². The molecular weight excluding hydrogens is 180 g/mol. The molecule has 0 amide bonds. The highest BCUT2D eigenvalue weighted by molar-refractivity contribution is 5.78. The number of carbonyl (C=O) groups excluding carboxylic acids is 1. The molecule has 2 rings (SSSR count). The molecule has 3 heteroatoms. The monoisotopic (exact) mass is 192 g/mol. The Hall–Kier alpha value is -1.35. The number of methoxy groups -OCH3 is 1. The maximum absolute atomic E-state index is 11.1. The van der Waals surface area contributed by atoms with Crippen LogP contribution in [0.3, 0.4) is 0 Å². The minimum atomic E-state index is -0.402. The first-order valence-electron chi connectivity index (χ1n) is 4.53. The van der Waals surface area contributed by atoms with Crippen molar-refractivity contribution in [2.24, 2.45) is 0 Å². The van der Waals surface area contributed by atoms with E-state index in [0.29, 0.717) is 0 Å². The highest BCUT2D eigenvalue weighted by Crippen LogP contribution is 2.40. The van der Waals surface area contributed by atoms with Gasteiger partial charge in [-0.1, -0.05) is 24.3 Å². The lowest BCUT2D eigenvalue weighted by Crippen LogP contribution is -2.09. The molecule has 1 aromatic carbocycles. The van der Waals surface area contributed by atoms with Gasteiger partial charge in [-0.25, -0.2) is 4.79 Å². The van der Waals surface area contributed by atoms with Crippen molar-refractivity contribution in [2.75, 3.05) is 7.11 Å². The summed E-state index contributed by atoms with van der Waals surface area (Å²) in [5.41, 5.74) is 2.21. The van der Waals surface area contributed by atoms with Crippen LogP contribution < -0.4 is 0 Å². The lowest BCUT2D eigenvalue weighted by atomic mass is 10.0. The highest BCUT2D eigenvalue weighted by atomic mass is 16.6. The second kappa shape index (κ2) is 3.42. The molecule has 1 aliphatic rings. The molecule has 3 nitrogen and oxygen atoms in total. The number of rotatable bonds is 2. The number of benzene rings is 1. The average molecular weight is 192 g/mol. The normalized spacial score (nSPS) is 24.4. The third-order valence-electron chi connectivity index (χ3n) is 2.42. The lowest BCUT2D eigenvalue weighted by molar-refractivity contribution is -0.142. The van der Waals surface area contributed by atoms with E-state index in [1.165, 1.54) is 7.11 Å². The van der Waals surface area contributed by atoms with Crippen LogP contribution in [-0.2, 0) is 14.3 Å². The topological polar surface area (TPSA) is 38.8 Å². The summed E-state index contributed by atoms with van der Waals surface area (Å²) in [6, 6.07) is 7.89. The highest BCUT2D eigenvalue weighted by Gasteiger charge is 2.47. The molecule has 0 unspecified atom stereocenters. The van der Waals surface area contributed by atoms with Crippen LogP contribution in [0.15, 0.2) is 24.3 Å². The van der Waals surface area contributed by atoms with E-state index in [9.17, 15) is 4.79 Å². The second-order valence-electron chi connectivity index (χ2n) is 3.36. The van der Waals surface area contributed by atoms with Crippen LogP contribution in [-0.4, -0.2) is 19.2 Å². The van der Waals surface area contributed by atoms with Crippen molar-refractivity contribution in [2.45, 2.75) is 19.1 Å². The SMILES string of the molecule is COC(=O)[C@H]1O[C@H]1c1ccccc1C. The zero-order valence-electron chi connectivity index (χ0n) is 8.19. The summed E-state index contributed by atoms with van der Waals surface area (Å²) in [5, 5.41) is 0. The van der Waals surface area contributed by atoms with Gasteiger partial charge in [0.2, 0.25) is 0 Å². The van der Waals surface area contributed by atoms with E-state index in [0.717, 1.165) is 11.1 Å². The van der Waals surface area contributed by atoms with Crippen molar-refractivity contribution in [3.8, 4) is 0 Å². The lowest BCUT2D eigenvalue weighted by Gasteiger charge is -2.00. The van der Waals surface area contributed by atoms with E-state index in [-0.39, 0.29) is 12.1 Å². The number of ether oxygens (including phenoxy) is 2. The van der Waals surface area contributed by atoms with Crippen molar-refractivity contribution in [3.05, 3.63) is 35.4 Å². The third-order valence-corrected chi connectivity index (χ3v) is 2.42. The number of esters is 1. The molecule has 0 bridgehead atoms. The fraction of sp³-hybridized carbons (Fsp3) is 0.364. The van der Waals surface area contributed by atoms with Gasteiger partial charge in [0.05, 0.1) is 7.11 Å². The molecule has 1 fully saturated rings. The summed E-state index contributed by atoms with van der Waals surface area (Å²) in [6.45, 7) is 2.01. The first kappa shape index (κ1) is 9.21. The quantitative estimate of drug-likeness (QED) is 0.527. The predicted octanol–water partition coefficient (Wildman–Crippen LogP) is 1.61. The zero-order chi connectivity index (χ0) is 10.1. The summed E-state index contributed by atoms with van der Waals surface area (Å²) in [6.07, 6.45) is -0.509. The van der Waals surface area contributed by atoms with Crippen LogP contribution in [0.4, 0.5) is 0 Å². The van der Waals surface area contributed by atoms with Gasteiger partial charge in [0.15, 0.2) is 6.10 Å². The zero-order valence-corrected chi connectivity index (χ0v) is 8.19. The Labute approximate surface area is 82.6 Å². The molecule has 1 heterocycles. The van der Waals surface area contributed by atoms with Gasteiger partial charge in [0.25, 0.3) is 0 Å². The number of hydrogen-bond acceptors (Lipinski definition) is 3. The summed E-state index contributed by atoms with van der Waals surface area (Å²) in [5.74, 6) is -0.293. The number of carbonyl (C=O) groups is 1. The van der Waals surface area contributed by atoms with Crippen molar-refractivity contribution < 1.29 is 14.3 Å². The molecule has 0 saturated carbocycles. The summed E-state index contributed by atoms with van der Waals surface area (Å²) >= 11 is 0. The van der Waals surface area contributed by atoms with E-state index < -0.39 is 6.10 Å². The molecule has 14 heavy (non-hydrogen) atoms. The van der Waals surface area contributed by atoms with Gasteiger partial charge in [-0.15, -0.1) is 0 Å². The van der Waals surface area contributed by atoms with Gasteiger partial charge in [0.1, 0.15) is 6.10 Å². The average Bonchev–Trinajstić information content (AvgIpc) is 2.97. The Morgan fingerprint density at radius 3 is 2.79 bits per heavy atom. The Kier molecular flexibility index (Phi) is 2.25. The van der Waals surface area contributed by atoms with Crippen LogP contribution in [0, 0.1) is 6.92 Å². The van der Waals surface area contributed by atoms with E-state index in [1.54, 1.807) is 0 Å². The molecule has 1 aromatic rings. The fourth-order valence-electron chi connectivity index (χ4n) is 1.55. The largest absolute Gasteiger partial charge is 0.467 e. The van der Waals surface area contributed by atoms with Gasteiger partial charge in [-0.3, -0.25) is 0 Å². The van der Waals surface area contributed by atoms with Crippen LogP contribution in [0.5, 0.6) is 0 Å². The Bertz CT molecular complexity index is 359. The molecule has 0 N–H and O–H groups in total. The Balaban J connectivity index is 2.13. The molecule has 74 valence electrons. The van der Waals surface area contributed by atoms with Crippen LogP contribution in [0.2, 0.25) is 0 Å². The van der Waals surface area contributed by atoms with Gasteiger partial charge < -0.3 is 9.47 Å². The van der Waals surface area contributed by atoms with E-state index in [2.05, 4.69) is 4.74 Å². The smallest absolute Gasteiger partial charge is 0.338 e. The van der Waals surface area contributed by atoms with Crippen molar-refractivity contribution in [1.82, 2.24) is 0 Å². The maximum Gasteiger partial charge on any atom is 0.338 e. The molecule has 1 aliphatic heterocycles. The molecule has 0 radical (unpaired) electrons.